The van der Waals surface area contributed by atoms with E-state index in [-0.39, 0.29) is 24.1 Å². The highest BCUT2D eigenvalue weighted by Crippen LogP contribution is 2.30. The van der Waals surface area contributed by atoms with Gasteiger partial charge in [0.05, 0.1) is 12.1 Å². The van der Waals surface area contributed by atoms with E-state index in [1.807, 2.05) is 0 Å². The first-order valence-electron chi connectivity index (χ1n) is 7.22. The van der Waals surface area contributed by atoms with Crippen molar-refractivity contribution in [3.05, 3.63) is 51.5 Å². The summed E-state index contributed by atoms with van der Waals surface area (Å²) in [7, 11) is 1.46. The molecule has 0 unspecified atom stereocenters. The molecule has 0 atom stereocenters. The first-order chi connectivity index (χ1) is 12.1. The summed E-state index contributed by atoms with van der Waals surface area (Å²) in [6.45, 7) is 0.233. The lowest BCUT2D eigenvalue weighted by Gasteiger charge is -2.12. The second kappa shape index (κ2) is 7.94. The molecule has 11 heteroatoms. The molecule has 142 valence electrons. The molecule has 4 nitrogen and oxygen atoms in total. The average Bonchev–Trinajstić information content (AvgIpc) is 3.04. The number of aromatic nitrogens is 1. The van der Waals surface area contributed by atoms with Crippen LogP contribution in [0, 0.1) is 0 Å². The summed E-state index contributed by atoms with van der Waals surface area (Å²) in [5.74, 6) is 0.286. The third kappa shape index (κ3) is 5.61. The number of nitrogens with one attached hydrogen (secondary N) is 2. The van der Waals surface area contributed by atoms with Crippen LogP contribution < -0.4 is 10.6 Å². The summed E-state index contributed by atoms with van der Waals surface area (Å²) in [4.78, 5) is 7.38. The molecule has 0 radical (unpaired) electrons. The van der Waals surface area contributed by atoms with Gasteiger partial charge in [0, 0.05) is 19.0 Å². The van der Waals surface area contributed by atoms with Gasteiger partial charge in [0.1, 0.15) is 5.01 Å². The van der Waals surface area contributed by atoms with Gasteiger partial charge in [0.15, 0.2) is 11.7 Å². The smallest absolute Gasteiger partial charge is 0.352 e. The number of aliphatic imine (C=N–C) groups is 1. The number of alkyl halides is 6. The highest BCUT2D eigenvalue weighted by atomic mass is 32.1. The van der Waals surface area contributed by atoms with Crippen molar-refractivity contribution in [2.24, 2.45) is 4.99 Å². The van der Waals surface area contributed by atoms with Gasteiger partial charge in [-0.3, -0.25) is 4.99 Å². The maximum atomic E-state index is 12.5. The molecule has 2 N–H and O–H groups in total. The van der Waals surface area contributed by atoms with Gasteiger partial charge in [0.2, 0.25) is 0 Å². The second-order valence-corrected chi connectivity index (χ2v) is 6.04. The molecular formula is C15H14F6N4S. The molecule has 0 saturated heterocycles. The Balaban J connectivity index is 1.87. The van der Waals surface area contributed by atoms with Gasteiger partial charge in [-0.2, -0.15) is 26.3 Å². The Labute approximate surface area is 149 Å². The van der Waals surface area contributed by atoms with Crippen molar-refractivity contribution in [3.8, 4) is 0 Å². The minimum atomic E-state index is -4.49. The Bertz CT molecular complexity index is 749. The second-order valence-electron chi connectivity index (χ2n) is 5.10. The van der Waals surface area contributed by atoms with Gasteiger partial charge in [-0.25, -0.2) is 4.98 Å². The van der Waals surface area contributed by atoms with Crippen molar-refractivity contribution >= 4 is 17.3 Å². The largest absolute Gasteiger partial charge is 0.434 e. The molecule has 0 aliphatic heterocycles. The topological polar surface area (TPSA) is 49.3 Å². The molecule has 1 aromatic heterocycles. The lowest BCUT2D eigenvalue weighted by atomic mass is 10.1. The maximum Gasteiger partial charge on any atom is 0.434 e. The van der Waals surface area contributed by atoms with Crippen molar-refractivity contribution in [1.29, 1.82) is 0 Å². The molecule has 2 rings (SSSR count). The molecule has 2 aromatic rings. The molecular weight excluding hydrogens is 382 g/mol. The third-order valence-corrected chi connectivity index (χ3v) is 4.06. The van der Waals surface area contributed by atoms with Gasteiger partial charge in [-0.1, -0.05) is 12.1 Å². The van der Waals surface area contributed by atoms with E-state index in [1.165, 1.54) is 19.2 Å². The Morgan fingerprint density at radius 1 is 1.00 bits per heavy atom. The fourth-order valence-electron chi connectivity index (χ4n) is 1.90. The fraction of sp³-hybridized carbons (Fsp3) is 0.333. The average molecular weight is 396 g/mol. The Hall–Kier alpha value is -2.30. The summed E-state index contributed by atoms with van der Waals surface area (Å²) in [5, 5.41) is 6.82. The van der Waals surface area contributed by atoms with E-state index in [9.17, 15) is 26.3 Å². The minimum absolute atomic E-state index is 0.0352. The van der Waals surface area contributed by atoms with E-state index in [1.54, 1.807) is 0 Å². The summed E-state index contributed by atoms with van der Waals surface area (Å²) < 4.78 is 75.0. The van der Waals surface area contributed by atoms with Crippen LogP contribution in [0.1, 0.15) is 21.8 Å². The van der Waals surface area contributed by atoms with E-state index >= 15 is 0 Å². The van der Waals surface area contributed by atoms with E-state index in [0.29, 0.717) is 5.56 Å². The van der Waals surface area contributed by atoms with Crippen molar-refractivity contribution in [1.82, 2.24) is 15.6 Å². The molecule has 1 heterocycles. The first kappa shape index (κ1) is 20.0. The van der Waals surface area contributed by atoms with Gasteiger partial charge in [-0.15, -0.1) is 11.3 Å². The van der Waals surface area contributed by atoms with Crippen LogP contribution in [0.15, 0.2) is 34.6 Å². The molecule has 0 spiro atoms. The number of hydrogen-bond donors (Lipinski definition) is 2. The van der Waals surface area contributed by atoms with E-state index in [0.717, 1.165) is 28.8 Å². The van der Waals surface area contributed by atoms with Crippen LogP contribution in [-0.2, 0) is 25.4 Å². The predicted octanol–water partition coefficient (Wildman–Crippen LogP) is 4.05. The van der Waals surface area contributed by atoms with Gasteiger partial charge >= 0.3 is 12.4 Å². The summed E-state index contributed by atoms with van der Waals surface area (Å²) in [6.07, 6.45) is -8.89. The normalized spacial score (nSPS) is 13.0. The Morgan fingerprint density at radius 3 is 2.12 bits per heavy atom. The lowest BCUT2D eigenvalue weighted by molar-refractivity contribution is -0.141. The minimum Gasteiger partial charge on any atom is -0.352 e. The number of rotatable bonds is 4. The SMILES string of the molecule is CN=C(NCc1ccc(C(F)(F)F)cc1)NCc1nc(C(F)(F)F)cs1. The number of benzene rings is 1. The molecule has 26 heavy (non-hydrogen) atoms. The van der Waals surface area contributed by atoms with Crippen molar-refractivity contribution in [2.75, 3.05) is 7.05 Å². The molecule has 0 amide bonds. The zero-order valence-electron chi connectivity index (χ0n) is 13.4. The molecule has 1 aromatic carbocycles. The summed E-state index contributed by atoms with van der Waals surface area (Å²) >= 11 is 0.864. The third-order valence-electron chi connectivity index (χ3n) is 3.21. The van der Waals surface area contributed by atoms with Crippen LogP contribution in [-0.4, -0.2) is 18.0 Å². The van der Waals surface area contributed by atoms with Crippen LogP contribution in [0.25, 0.3) is 0 Å². The van der Waals surface area contributed by atoms with Gasteiger partial charge in [0.25, 0.3) is 0 Å². The monoisotopic (exact) mass is 396 g/mol. The van der Waals surface area contributed by atoms with E-state index in [2.05, 4.69) is 20.6 Å². The Morgan fingerprint density at radius 2 is 1.62 bits per heavy atom. The van der Waals surface area contributed by atoms with E-state index in [4.69, 9.17) is 0 Å². The van der Waals surface area contributed by atoms with Crippen molar-refractivity contribution in [2.45, 2.75) is 25.4 Å². The zero-order valence-corrected chi connectivity index (χ0v) is 14.2. The molecule has 0 bridgehead atoms. The zero-order chi connectivity index (χ0) is 19.4. The number of nitrogens with zero attached hydrogens (tertiary/aromatic N) is 2. The lowest BCUT2D eigenvalue weighted by Crippen LogP contribution is -2.36. The number of guanidine groups is 1. The van der Waals surface area contributed by atoms with Crippen LogP contribution in [0.4, 0.5) is 26.3 Å². The maximum absolute atomic E-state index is 12.5. The van der Waals surface area contributed by atoms with E-state index < -0.39 is 23.6 Å². The summed E-state index contributed by atoms with van der Waals surface area (Å²) in [5.41, 5.74) is -1.10. The quantitative estimate of drug-likeness (QED) is 0.466. The van der Waals surface area contributed by atoms with Crippen molar-refractivity contribution < 1.29 is 26.3 Å². The standard InChI is InChI=1S/C15H14F6N4S/c1-22-13(24-7-12-25-11(8-26-12)15(19,20)21)23-6-9-2-4-10(5-3-9)14(16,17)18/h2-5,8H,6-7H2,1H3,(H2,22,23,24). The van der Waals surface area contributed by atoms with Crippen LogP contribution >= 0.6 is 11.3 Å². The predicted molar refractivity (Wildman–Crippen MR) is 85.6 cm³/mol. The highest BCUT2D eigenvalue weighted by Gasteiger charge is 2.33. The highest BCUT2D eigenvalue weighted by molar-refractivity contribution is 7.09. The number of halogens is 6. The molecule has 0 saturated carbocycles. The molecule has 0 aliphatic carbocycles. The fourth-order valence-corrected chi connectivity index (χ4v) is 2.64. The van der Waals surface area contributed by atoms with Crippen molar-refractivity contribution in [3.63, 3.8) is 0 Å². The summed E-state index contributed by atoms with van der Waals surface area (Å²) in [6, 6.07) is 4.61. The van der Waals surface area contributed by atoms with Gasteiger partial charge < -0.3 is 10.6 Å². The first-order valence-corrected chi connectivity index (χ1v) is 8.10. The van der Waals surface area contributed by atoms with Crippen LogP contribution in [0.5, 0.6) is 0 Å². The van der Waals surface area contributed by atoms with Gasteiger partial charge in [-0.05, 0) is 17.7 Å². The molecule has 0 aliphatic rings. The number of thiazole rings is 1. The molecule has 0 fully saturated rings. The van der Waals surface area contributed by atoms with Crippen LogP contribution in [0.3, 0.4) is 0 Å². The van der Waals surface area contributed by atoms with Crippen LogP contribution in [0.2, 0.25) is 0 Å². The number of hydrogen-bond acceptors (Lipinski definition) is 3. The Kier molecular flexibility index (Phi) is 6.11.